The number of fused-ring (bicyclic) bond motifs is 2. The number of aromatic nitrogens is 1. The van der Waals surface area contributed by atoms with Crippen LogP contribution in [0.4, 0.5) is 0 Å². The van der Waals surface area contributed by atoms with Crippen LogP contribution in [0.15, 0.2) is 30.5 Å². The summed E-state index contributed by atoms with van der Waals surface area (Å²) in [5.41, 5.74) is 2.50. The van der Waals surface area contributed by atoms with Crippen LogP contribution in [0.1, 0.15) is 18.4 Å². The third-order valence-corrected chi connectivity index (χ3v) is 8.02. The lowest BCUT2D eigenvalue weighted by Gasteiger charge is -2.20. The number of ether oxygens (including phenoxy) is 1. The molecule has 1 aromatic carbocycles. The van der Waals surface area contributed by atoms with Crippen LogP contribution in [0.3, 0.4) is 0 Å². The molecule has 1 saturated carbocycles. The van der Waals surface area contributed by atoms with E-state index in [0.29, 0.717) is 19.1 Å². The van der Waals surface area contributed by atoms with E-state index in [4.69, 9.17) is 4.74 Å². The molecule has 3 atom stereocenters. The molecule has 3 aliphatic rings. The molecule has 0 spiro atoms. The summed E-state index contributed by atoms with van der Waals surface area (Å²) in [5, 5.41) is 1.13. The standard InChI is InChI=1S/C19H25N3O3S/c23-26(24,15-4-5-15)21-8-14-12-25-19-11-22(10-17(14)19)9-13-2-1-3-18-16(13)6-7-20-18/h1-3,6-7,14-15,17,19-21H,4-5,8-12H2/t14-,17+,19+/m0/s1. The molecule has 5 rings (SSSR count). The van der Waals surface area contributed by atoms with Crippen LogP contribution in [0, 0.1) is 11.8 Å². The number of sulfonamides is 1. The van der Waals surface area contributed by atoms with Crippen LogP contribution in [-0.4, -0.2) is 55.9 Å². The first kappa shape index (κ1) is 16.7. The summed E-state index contributed by atoms with van der Waals surface area (Å²) in [6, 6.07) is 8.51. The Morgan fingerprint density at radius 2 is 2.12 bits per heavy atom. The molecule has 6 nitrogen and oxygen atoms in total. The molecule has 2 N–H and O–H groups in total. The maximum Gasteiger partial charge on any atom is 0.214 e. The Labute approximate surface area is 154 Å². The molecule has 0 bridgehead atoms. The van der Waals surface area contributed by atoms with Crippen LogP contribution < -0.4 is 4.72 Å². The fourth-order valence-corrected chi connectivity index (χ4v) is 5.91. The molecule has 0 radical (unpaired) electrons. The topological polar surface area (TPSA) is 74.4 Å². The van der Waals surface area contributed by atoms with Crippen LogP contribution >= 0.6 is 0 Å². The van der Waals surface area contributed by atoms with Crippen molar-refractivity contribution in [2.24, 2.45) is 11.8 Å². The predicted molar refractivity (Wildman–Crippen MR) is 100 cm³/mol. The van der Waals surface area contributed by atoms with E-state index in [1.165, 1.54) is 16.5 Å². The van der Waals surface area contributed by atoms with Crippen molar-refractivity contribution in [3.63, 3.8) is 0 Å². The van der Waals surface area contributed by atoms with Gasteiger partial charge in [0.05, 0.1) is 18.0 Å². The minimum Gasteiger partial charge on any atom is -0.376 e. The van der Waals surface area contributed by atoms with Gasteiger partial charge in [0.1, 0.15) is 0 Å². The summed E-state index contributed by atoms with van der Waals surface area (Å²) < 4.78 is 33.0. The van der Waals surface area contributed by atoms with Crippen molar-refractivity contribution in [3.05, 3.63) is 36.0 Å². The van der Waals surface area contributed by atoms with E-state index in [1.807, 2.05) is 6.20 Å². The van der Waals surface area contributed by atoms with Gasteiger partial charge in [0.15, 0.2) is 0 Å². The lowest BCUT2D eigenvalue weighted by molar-refractivity contribution is 0.0943. The fourth-order valence-electron chi connectivity index (χ4n) is 4.47. The largest absolute Gasteiger partial charge is 0.376 e. The highest BCUT2D eigenvalue weighted by atomic mass is 32.2. The monoisotopic (exact) mass is 375 g/mol. The number of likely N-dealkylation sites (tertiary alicyclic amines) is 1. The molecule has 3 heterocycles. The molecule has 2 aromatic rings. The molecule has 1 aromatic heterocycles. The van der Waals surface area contributed by atoms with Gasteiger partial charge >= 0.3 is 0 Å². The maximum absolute atomic E-state index is 12.1. The summed E-state index contributed by atoms with van der Waals surface area (Å²) >= 11 is 0. The first-order valence-corrected chi connectivity index (χ1v) is 11.0. The Morgan fingerprint density at radius 1 is 1.23 bits per heavy atom. The number of rotatable bonds is 6. The predicted octanol–water partition coefficient (Wildman–Crippen LogP) is 1.70. The number of hydrogen-bond donors (Lipinski definition) is 2. The summed E-state index contributed by atoms with van der Waals surface area (Å²) in [6.07, 6.45) is 3.83. The Bertz CT molecular complexity index is 906. The molecule has 26 heavy (non-hydrogen) atoms. The highest BCUT2D eigenvalue weighted by Crippen LogP contribution is 2.35. The lowest BCUT2D eigenvalue weighted by Crippen LogP contribution is -2.35. The lowest BCUT2D eigenvalue weighted by atomic mass is 9.93. The van der Waals surface area contributed by atoms with Gasteiger partial charge in [-0.25, -0.2) is 13.1 Å². The smallest absolute Gasteiger partial charge is 0.214 e. The van der Waals surface area contributed by atoms with Gasteiger partial charge in [0.25, 0.3) is 0 Å². The molecule has 3 fully saturated rings. The van der Waals surface area contributed by atoms with Gasteiger partial charge < -0.3 is 9.72 Å². The first-order valence-electron chi connectivity index (χ1n) is 9.47. The quantitative estimate of drug-likeness (QED) is 0.806. The second-order valence-corrected chi connectivity index (χ2v) is 9.98. The minimum atomic E-state index is -3.11. The number of aromatic amines is 1. The van der Waals surface area contributed by atoms with Crippen molar-refractivity contribution in [1.29, 1.82) is 0 Å². The highest BCUT2D eigenvalue weighted by molar-refractivity contribution is 7.90. The second-order valence-electron chi connectivity index (χ2n) is 7.94. The van der Waals surface area contributed by atoms with E-state index in [2.05, 4.69) is 38.9 Å². The van der Waals surface area contributed by atoms with Gasteiger partial charge in [0, 0.05) is 55.1 Å². The van der Waals surface area contributed by atoms with Crippen molar-refractivity contribution in [2.45, 2.75) is 30.7 Å². The third-order valence-electron chi connectivity index (χ3n) is 6.10. The van der Waals surface area contributed by atoms with Gasteiger partial charge in [-0.1, -0.05) is 12.1 Å². The zero-order valence-corrected chi connectivity index (χ0v) is 15.5. The van der Waals surface area contributed by atoms with E-state index in [0.717, 1.165) is 32.5 Å². The van der Waals surface area contributed by atoms with Crippen LogP contribution in [0.2, 0.25) is 0 Å². The molecular formula is C19H25N3O3S. The van der Waals surface area contributed by atoms with E-state index < -0.39 is 10.0 Å². The molecule has 0 unspecified atom stereocenters. The van der Waals surface area contributed by atoms with Crippen molar-refractivity contribution in [2.75, 3.05) is 26.2 Å². The molecule has 2 aliphatic heterocycles. The average Bonchev–Trinajstić information content (AvgIpc) is 3.08. The Balaban J connectivity index is 1.23. The van der Waals surface area contributed by atoms with Crippen molar-refractivity contribution in [3.8, 4) is 0 Å². The van der Waals surface area contributed by atoms with Crippen molar-refractivity contribution >= 4 is 20.9 Å². The van der Waals surface area contributed by atoms with E-state index in [-0.39, 0.29) is 17.3 Å². The molecule has 1 aliphatic carbocycles. The summed E-state index contributed by atoms with van der Waals surface area (Å²) in [5.74, 6) is 0.698. The van der Waals surface area contributed by atoms with Crippen LogP contribution in [0.25, 0.3) is 10.9 Å². The Kier molecular flexibility index (Phi) is 4.08. The fraction of sp³-hybridized carbons (Fsp3) is 0.579. The van der Waals surface area contributed by atoms with E-state index in [9.17, 15) is 8.42 Å². The third kappa shape index (κ3) is 3.07. The Hall–Kier alpha value is -1.41. The van der Waals surface area contributed by atoms with E-state index >= 15 is 0 Å². The van der Waals surface area contributed by atoms with E-state index in [1.54, 1.807) is 0 Å². The zero-order chi connectivity index (χ0) is 17.7. The number of nitrogens with one attached hydrogen (secondary N) is 2. The minimum absolute atomic E-state index is 0.150. The van der Waals surface area contributed by atoms with Gasteiger partial charge in [-0.05, 0) is 30.5 Å². The van der Waals surface area contributed by atoms with Gasteiger partial charge in [-0.15, -0.1) is 0 Å². The van der Waals surface area contributed by atoms with Gasteiger partial charge in [0.2, 0.25) is 10.0 Å². The molecular weight excluding hydrogens is 350 g/mol. The molecule has 2 saturated heterocycles. The van der Waals surface area contributed by atoms with Crippen LogP contribution in [-0.2, 0) is 21.3 Å². The van der Waals surface area contributed by atoms with Gasteiger partial charge in [-0.2, -0.15) is 0 Å². The SMILES string of the molecule is O=S(=O)(NC[C@H]1CO[C@@H]2CN(Cc3cccc4[nH]ccc34)C[C@H]12)C1CC1. The second kappa shape index (κ2) is 6.34. The van der Waals surface area contributed by atoms with Gasteiger partial charge in [-0.3, -0.25) is 4.90 Å². The Morgan fingerprint density at radius 3 is 2.96 bits per heavy atom. The first-order chi connectivity index (χ1) is 12.6. The number of benzene rings is 1. The average molecular weight is 375 g/mol. The highest BCUT2D eigenvalue weighted by Gasteiger charge is 2.44. The number of hydrogen-bond acceptors (Lipinski definition) is 4. The van der Waals surface area contributed by atoms with Crippen molar-refractivity contribution in [1.82, 2.24) is 14.6 Å². The maximum atomic E-state index is 12.1. The number of H-pyrrole nitrogens is 1. The summed E-state index contributed by atoms with van der Waals surface area (Å²) in [6.45, 7) is 4.00. The normalized spacial score (nSPS) is 29.5. The van der Waals surface area contributed by atoms with Crippen molar-refractivity contribution < 1.29 is 13.2 Å². The summed E-state index contributed by atoms with van der Waals surface area (Å²) in [7, 11) is -3.11. The zero-order valence-electron chi connectivity index (χ0n) is 14.7. The molecule has 0 amide bonds. The molecule has 7 heteroatoms. The molecule has 140 valence electrons. The van der Waals surface area contributed by atoms with Crippen LogP contribution in [0.5, 0.6) is 0 Å². The number of nitrogens with zero attached hydrogens (tertiary/aromatic N) is 1. The summed E-state index contributed by atoms with van der Waals surface area (Å²) in [4.78, 5) is 5.71.